The molecular formula is C46H58N12O5. The number of ether oxygens (including phenoxy) is 1. The van der Waals surface area contributed by atoms with Gasteiger partial charge < -0.3 is 30.1 Å². The third-order valence-corrected chi connectivity index (χ3v) is 14.4. The standard InChI is InChI=1S/C46H58N12O5/c1-28-25-49-45(52-41(28)50-32-22-31-23-37(63-27-39(60)47-3)44(62)54(4)42(31)48-26-32)58-20-14-46(15-21-58)12-18-56(19-13-46)29(2)30-10-16-57(17-11-30)33-6-7-34-36(24-33)55(5)53-40(34)35-8-9-38(59)51-43(35)61/h6-7,22-26,29-30,35H,8-21,27H2,1-5H3,(H,47,60)(H,49,50,52)(H,51,59,61)/t29-,35?/m0/s1. The van der Waals surface area contributed by atoms with Gasteiger partial charge in [-0.3, -0.25) is 33.7 Å². The summed E-state index contributed by atoms with van der Waals surface area (Å²) in [5, 5.41) is 14.8. The number of likely N-dealkylation sites (tertiary alicyclic amines) is 1. The van der Waals surface area contributed by atoms with Crippen LogP contribution in [0.4, 0.5) is 23.1 Å². The van der Waals surface area contributed by atoms with E-state index < -0.39 is 5.92 Å². The molecule has 3 amide bonds. The number of fused-ring (bicyclic) bond motifs is 2. The highest BCUT2D eigenvalue weighted by Crippen LogP contribution is 2.43. The van der Waals surface area contributed by atoms with Crippen molar-refractivity contribution in [1.29, 1.82) is 0 Å². The number of aromatic nitrogens is 6. The van der Waals surface area contributed by atoms with Gasteiger partial charge >= 0.3 is 0 Å². The lowest BCUT2D eigenvalue weighted by molar-refractivity contribution is -0.134. The average molecular weight is 859 g/mol. The molecule has 1 aromatic carbocycles. The van der Waals surface area contributed by atoms with Gasteiger partial charge in [-0.15, -0.1) is 0 Å². The molecular weight excluding hydrogens is 801 g/mol. The molecule has 0 bridgehead atoms. The van der Waals surface area contributed by atoms with Gasteiger partial charge in [0.1, 0.15) is 11.5 Å². The van der Waals surface area contributed by atoms with E-state index in [1.165, 1.54) is 30.1 Å². The smallest absolute Gasteiger partial charge is 0.294 e. The number of anilines is 4. The monoisotopic (exact) mass is 858 g/mol. The number of carbonyl (C=O) groups excluding carboxylic acids is 3. The molecule has 2 atom stereocenters. The van der Waals surface area contributed by atoms with Crippen LogP contribution in [0.2, 0.25) is 0 Å². The maximum atomic E-state index is 12.8. The minimum Gasteiger partial charge on any atom is -0.478 e. The molecule has 4 aliphatic rings. The van der Waals surface area contributed by atoms with Crippen LogP contribution in [0.3, 0.4) is 0 Å². The molecule has 1 spiro atoms. The Kier molecular flexibility index (Phi) is 11.5. The van der Waals surface area contributed by atoms with Crippen LogP contribution in [0, 0.1) is 18.3 Å². The minimum atomic E-state index is -0.400. The zero-order chi connectivity index (χ0) is 44.0. The molecule has 1 unspecified atom stereocenters. The summed E-state index contributed by atoms with van der Waals surface area (Å²) < 4.78 is 8.82. The number of carbonyl (C=O) groups is 3. The van der Waals surface area contributed by atoms with Gasteiger partial charge in [0, 0.05) is 88.0 Å². The Hall–Kier alpha value is -6.10. The molecule has 4 aromatic heterocycles. The SMILES string of the molecule is CNC(=O)COc1cc2cc(Nc3nc(N4CCC5(CC4)CCN([C@@H](C)C4CCN(c6ccc7c(C8CCC(=O)NC8=O)nn(C)c7c6)CC4)CC5)ncc3C)cnc2n(C)c1=O. The van der Waals surface area contributed by atoms with Gasteiger partial charge in [-0.2, -0.15) is 10.1 Å². The number of aryl methyl sites for hydroxylation is 3. The highest BCUT2D eigenvalue weighted by Gasteiger charge is 2.40. The van der Waals surface area contributed by atoms with E-state index in [1.54, 1.807) is 19.3 Å². The first kappa shape index (κ1) is 42.2. The van der Waals surface area contributed by atoms with E-state index in [4.69, 9.17) is 19.8 Å². The van der Waals surface area contributed by atoms with Crippen molar-refractivity contribution < 1.29 is 19.1 Å². The first-order valence-corrected chi connectivity index (χ1v) is 22.4. The van der Waals surface area contributed by atoms with Gasteiger partial charge in [-0.25, -0.2) is 9.97 Å². The van der Waals surface area contributed by atoms with E-state index in [1.807, 2.05) is 30.9 Å². The highest BCUT2D eigenvalue weighted by atomic mass is 16.5. The molecule has 3 N–H and O–H groups in total. The molecule has 4 saturated heterocycles. The lowest BCUT2D eigenvalue weighted by Gasteiger charge is -2.49. The number of imide groups is 1. The van der Waals surface area contributed by atoms with Crippen LogP contribution in [-0.2, 0) is 28.5 Å². The summed E-state index contributed by atoms with van der Waals surface area (Å²) in [5.74, 6) is 0.965. The van der Waals surface area contributed by atoms with Gasteiger partial charge in [0.2, 0.25) is 17.8 Å². The molecule has 5 aromatic rings. The van der Waals surface area contributed by atoms with Gasteiger partial charge in [-0.05, 0) is 114 Å². The molecule has 0 aliphatic carbocycles. The Morgan fingerprint density at radius 2 is 1.68 bits per heavy atom. The van der Waals surface area contributed by atoms with Crippen LogP contribution in [0.1, 0.15) is 75.5 Å². The number of hydrogen-bond donors (Lipinski definition) is 3. The zero-order valence-electron chi connectivity index (χ0n) is 36.9. The molecule has 17 nitrogen and oxygen atoms in total. The summed E-state index contributed by atoms with van der Waals surface area (Å²) in [6, 6.07) is 10.5. The van der Waals surface area contributed by atoms with Crippen molar-refractivity contribution in [3.63, 3.8) is 0 Å². The lowest BCUT2D eigenvalue weighted by Crippen LogP contribution is -2.51. The van der Waals surface area contributed by atoms with Crippen molar-refractivity contribution >= 4 is 62.8 Å². The van der Waals surface area contributed by atoms with Crippen LogP contribution in [-0.4, -0.2) is 111 Å². The van der Waals surface area contributed by atoms with Gasteiger partial charge in [0.05, 0.1) is 29.0 Å². The maximum Gasteiger partial charge on any atom is 0.294 e. The number of hydrogen-bond acceptors (Lipinski definition) is 13. The first-order chi connectivity index (χ1) is 30.4. The van der Waals surface area contributed by atoms with Crippen LogP contribution in [0.15, 0.2) is 47.5 Å². The fourth-order valence-corrected chi connectivity index (χ4v) is 10.3. The van der Waals surface area contributed by atoms with Crippen LogP contribution >= 0.6 is 0 Å². The summed E-state index contributed by atoms with van der Waals surface area (Å²) in [7, 11) is 5.08. The van der Waals surface area contributed by atoms with E-state index in [0.717, 1.165) is 87.1 Å². The normalized spacial score (nSPS) is 20.3. The average Bonchev–Trinajstić information content (AvgIpc) is 3.62. The largest absolute Gasteiger partial charge is 0.478 e. The Morgan fingerprint density at radius 3 is 2.41 bits per heavy atom. The summed E-state index contributed by atoms with van der Waals surface area (Å²) in [4.78, 5) is 70.8. The number of pyridine rings is 2. The predicted molar refractivity (Wildman–Crippen MR) is 242 cm³/mol. The summed E-state index contributed by atoms with van der Waals surface area (Å²) in [5.41, 5.74) is 5.07. The van der Waals surface area contributed by atoms with Gasteiger partial charge in [0.25, 0.3) is 11.5 Å². The minimum absolute atomic E-state index is 0.0795. The Morgan fingerprint density at radius 1 is 0.937 bits per heavy atom. The lowest BCUT2D eigenvalue weighted by atomic mass is 9.70. The fraction of sp³-hybridized carbons (Fsp3) is 0.522. The number of amides is 3. The second-order valence-electron chi connectivity index (χ2n) is 18.1. The maximum absolute atomic E-state index is 12.8. The van der Waals surface area contributed by atoms with Crippen LogP contribution in [0.25, 0.3) is 21.9 Å². The molecule has 0 radical (unpaired) electrons. The van der Waals surface area contributed by atoms with Gasteiger partial charge in [-0.1, -0.05) is 0 Å². The Bertz CT molecular complexity index is 2620. The molecule has 4 fully saturated rings. The Labute approximate surface area is 366 Å². The number of nitrogens with one attached hydrogen (secondary N) is 3. The second-order valence-corrected chi connectivity index (χ2v) is 18.1. The third kappa shape index (κ3) is 8.42. The van der Waals surface area contributed by atoms with E-state index in [9.17, 15) is 19.2 Å². The molecule has 9 rings (SSSR count). The number of likely N-dealkylation sites (N-methyl/N-ethyl adjacent to an activating group) is 1. The molecule has 0 saturated carbocycles. The second kappa shape index (κ2) is 17.2. The molecule has 4 aliphatic heterocycles. The number of rotatable bonds is 10. The predicted octanol–water partition coefficient (Wildman–Crippen LogP) is 4.29. The molecule has 17 heteroatoms. The molecule has 63 heavy (non-hydrogen) atoms. The van der Waals surface area contributed by atoms with Crippen molar-refractivity contribution in [2.24, 2.45) is 25.4 Å². The van der Waals surface area contributed by atoms with E-state index in [2.05, 4.69) is 60.8 Å². The van der Waals surface area contributed by atoms with E-state index in [0.29, 0.717) is 58.7 Å². The van der Waals surface area contributed by atoms with E-state index >= 15 is 0 Å². The quantitative estimate of drug-likeness (QED) is 0.169. The summed E-state index contributed by atoms with van der Waals surface area (Å²) >= 11 is 0. The van der Waals surface area contributed by atoms with Crippen LogP contribution in [0.5, 0.6) is 5.75 Å². The number of piperidine rings is 4. The molecule has 8 heterocycles. The van der Waals surface area contributed by atoms with Gasteiger partial charge in [0.15, 0.2) is 12.4 Å². The first-order valence-electron chi connectivity index (χ1n) is 22.4. The van der Waals surface area contributed by atoms with Crippen molar-refractivity contribution in [1.82, 2.24) is 44.8 Å². The third-order valence-electron chi connectivity index (χ3n) is 14.4. The summed E-state index contributed by atoms with van der Waals surface area (Å²) in [6.45, 7) is 10.3. The van der Waals surface area contributed by atoms with Crippen LogP contribution < -0.4 is 36.0 Å². The number of nitrogens with zero attached hydrogens (tertiary/aromatic N) is 9. The fourth-order valence-electron chi connectivity index (χ4n) is 10.3. The highest BCUT2D eigenvalue weighted by molar-refractivity contribution is 6.02. The van der Waals surface area contributed by atoms with Crippen molar-refractivity contribution in [2.75, 3.05) is 68.0 Å². The van der Waals surface area contributed by atoms with Crippen molar-refractivity contribution in [3.05, 3.63) is 64.3 Å². The van der Waals surface area contributed by atoms with E-state index in [-0.39, 0.29) is 35.6 Å². The van der Waals surface area contributed by atoms with Crippen molar-refractivity contribution in [3.8, 4) is 5.75 Å². The zero-order valence-corrected chi connectivity index (χ0v) is 36.9. The van der Waals surface area contributed by atoms with Crippen molar-refractivity contribution in [2.45, 2.75) is 77.2 Å². The number of benzene rings is 1. The molecule has 332 valence electrons. The Balaban J connectivity index is 0.770. The summed E-state index contributed by atoms with van der Waals surface area (Å²) in [6.07, 6.45) is 11.4. The topological polar surface area (TPSA) is 185 Å².